The lowest BCUT2D eigenvalue weighted by Crippen LogP contribution is -2.27. The summed E-state index contributed by atoms with van der Waals surface area (Å²) >= 11 is 0. The number of carboxylic acids is 2. The molecule has 0 bridgehead atoms. The van der Waals surface area contributed by atoms with Gasteiger partial charge in [-0.05, 0) is 90.9 Å². The lowest BCUT2D eigenvalue weighted by Gasteiger charge is -2.23. The second-order valence-electron chi connectivity index (χ2n) is 10.4. The molecule has 7 nitrogen and oxygen atoms in total. The maximum atomic E-state index is 11.2. The molecule has 7 heteroatoms. The second-order valence-corrected chi connectivity index (χ2v) is 10.4. The fraction of sp³-hybridized carbons (Fsp3) is 0.278. The van der Waals surface area contributed by atoms with Crippen LogP contribution < -0.4 is 9.47 Å². The number of unbranched alkanes of at least 4 members (excludes halogenated alkanes) is 1. The van der Waals surface area contributed by atoms with E-state index in [9.17, 15) is 14.7 Å². The van der Waals surface area contributed by atoms with Crippen LogP contribution in [0.5, 0.6) is 11.5 Å². The van der Waals surface area contributed by atoms with Crippen molar-refractivity contribution < 1.29 is 29.3 Å². The molecule has 0 saturated heterocycles. The molecule has 0 fully saturated rings. The number of aromatic carboxylic acids is 1. The molecule has 224 valence electrons. The van der Waals surface area contributed by atoms with Crippen LogP contribution in [0, 0.1) is 0 Å². The van der Waals surface area contributed by atoms with Gasteiger partial charge < -0.3 is 19.7 Å². The number of para-hydroxylation sites is 1. The lowest BCUT2D eigenvalue weighted by atomic mass is 10.0. The predicted molar refractivity (Wildman–Crippen MR) is 168 cm³/mol. The number of hydrogen-bond donors (Lipinski definition) is 2. The van der Waals surface area contributed by atoms with Gasteiger partial charge in [0.05, 0.1) is 12.2 Å². The molecule has 43 heavy (non-hydrogen) atoms. The van der Waals surface area contributed by atoms with Crippen molar-refractivity contribution in [1.29, 1.82) is 0 Å². The molecule has 0 aliphatic heterocycles. The van der Waals surface area contributed by atoms with Crippen molar-refractivity contribution in [3.8, 4) is 22.6 Å². The summed E-state index contributed by atoms with van der Waals surface area (Å²) in [6.45, 7) is 5.23. The number of ether oxygens (including phenoxy) is 2. The van der Waals surface area contributed by atoms with Gasteiger partial charge in [-0.25, -0.2) is 4.79 Å². The van der Waals surface area contributed by atoms with Crippen LogP contribution in [0.4, 0.5) is 0 Å². The van der Waals surface area contributed by atoms with Crippen molar-refractivity contribution in [2.24, 2.45) is 0 Å². The Morgan fingerprint density at radius 3 is 2.02 bits per heavy atom. The smallest absolute Gasteiger partial charge is 0.335 e. The summed E-state index contributed by atoms with van der Waals surface area (Å²) < 4.78 is 11.8. The molecule has 0 saturated carbocycles. The van der Waals surface area contributed by atoms with Crippen LogP contribution in [0.2, 0.25) is 0 Å². The van der Waals surface area contributed by atoms with E-state index in [0.717, 1.165) is 65.2 Å². The summed E-state index contributed by atoms with van der Waals surface area (Å²) in [5, 5.41) is 18.2. The molecule has 0 amide bonds. The van der Waals surface area contributed by atoms with E-state index >= 15 is 0 Å². The first-order valence-corrected chi connectivity index (χ1v) is 14.7. The third-order valence-corrected chi connectivity index (χ3v) is 7.24. The number of hydrogen-bond acceptors (Lipinski definition) is 5. The molecular weight excluding hydrogens is 542 g/mol. The van der Waals surface area contributed by atoms with Crippen molar-refractivity contribution in [2.45, 2.75) is 45.8 Å². The average molecular weight is 582 g/mol. The fourth-order valence-electron chi connectivity index (χ4n) is 4.89. The van der Waals surface area contributed by atoms with Gasteiger partial charge in [0.15, 0.2) is 0 Å². The number of carboxylic acid groups (broad SMARTS) is 2. The third kappa shape index (κ3) is 10.0. The van der Waals surface area contributed by atoms with Gasteiger partial charge in [-0.2, -0.15) is 0 Å². The number of carbonyl (C=O) groups is 2. The highest BCUT2D eigenvalue weighted by Gasteiger charge is 2.11. The summed E-state index contributed by atoms with van der Waals surface area (Å²) in [4.78, 5) is 24.5. The van der Waals surface area contributed by atoms with Crippen LogP contribution in [0.25, 0.3) is 11.1 Å². The third-order valence-electron chi connectivity index (χ3n) is 7.24. The molecule has 0 aliphatic carbocycles. The van der Waals surface area contributed by atoms with Crippen LogP contribution in [-0.4, -0.2) is 46.7 Å². The SMILES string of the molecule is CCOc1ccc(-c2ccc(COc3ccccc3CCN(CCCCC(=O)O)Cc3ccc(C(=O)O)cc3)cc2)cc1. The van der Waals surface area contributed by atoms with Crippen molar-refractivity contribution in [1.82, 2.24) is 4.90 Å². The first kappa shape index (κ1) is 31.3. The van der Waals surface area contributed by atoms with Crippen molar-refractivity contribution in [3.05, 3.63) is 119 Å². The van der Waals surface area contributed by atoms with Crippen molar-refractivity contribution in [3.63, 3.8) is 0 Å². The van der Waals surface area contributed by atoms with E-state index in [1.165, 1.54) is 0 Å². The number of benzene rings is 4. The Bertz CT molecular complexity index is 1450. The van der Waals surface area contributed by atoms with Gasteiger partial charge in [0.1, 0.15) is 18.1 Å². The zero-order valence-corrected chi connectivity index (χ0v) is 24.6. The molecule has 4 aromatic rings. The van der Waals surface area contributed by atoms with E-state index in [-0.39, 0.29) is 12.0 Å². The number of aliphatic carboxylic acids is 1. The second kappa shape index (κ2) is 16.1. The maximum Gasteiger partial charge on any atom is 0.335 e. The van der Waals surface area contributed by atoms with Crippen LogP contribution in [0.3, 0.4) is 0 Å². The van der Waals surface area contributed by atoms with Gasteiger partial charge in [0.25, 0.3) is 0 Å². The first-order chi connectivity index (χ1) is 20.9. The van der Waals surface area contributed by atoms with Gasteiger partial charge in [0, 0.05) is 19.5 Å². The lowest BCUT2D eigenvalue weighted by molar-refractivity contribution is -0.137. The number of nitrogens with zero attached hydrogens (tertiary/aromatic N) is 1. The Morgan fingerprint density at radius 1 is 0.721 bits per heavy atom. The van der Waals surface area contributed by atoms with E-state index in [0.29, 0.717) is 26.2 Å². The molecule has 0 atom stereocenters. The van der Waals surface area contributed by atoms with Gasteiger partial charge >= 0.3 is 11.9 Å². The Kier molecular flexibility index (Phi) is 11.7. The topological polar surface area (TPSA) is 96.3 Å². The highest BCUT2D eigenvalue weighted by molar-refractivity contribution is 5.87. The van der Waals surface area contributed by atoms with E-state index < -0.39 is 11.9 Å². The number of rotatable bonds is 17. The largest absolute Gasteiger partial charge is 0.494 e. The monoisotopic (exact) mass is 581 g/mol. The van der Waals surface area contributed by atoms with Crippen LogP contribution in [0.1, 0.15) is 53.2 Å². The van der Waals surface area contributed by atoms with Gasteiger partial charge in [-0.1, -0.05) is 66.7 Å². The molecule has 0 radical (unpaired) electrons. The molecule has 0 unspecified atom stereocenters. The normalized spacial score (nSPS) is 10.9. The molecule has 4 rings (SSSR count). The van der Waals surface area contributed by atoms with Crippen LogP contribution in [0.15, 0.2) is 97.1 Å². The predicted octanol–water partition coefficient (Wildman–Crippen LogP) is 7.33. The Hall–Kier alpha value is -4.62. The Labute approximate surface area is 253 Å². The van der Waals surface area contributed by atoms with Gasteiger partial charge in [-0.15, -0.1) is 0 Å². The van der Waals surface area contributed by atoms with E-state index in [2.05, 4.69) is 47.4 Å². The summed E-state index contributed by atoms with van der Waals surface area (Å²) in [5.74, 6) is -0.0229. The molecular formula is C36H39NO6. The minimum atomic E-state index is -0.947. The summed E-state index contributed by atoms with van der Waals surface area (Å²) in [6.07, 6.45) is 2.29. The Balaban J connectivity index is 1.36. The van der Waals surface area contributed by atoms with Crippen molar-refractivity contribution >= 4 is 11.9 Å². The highest BCUT2D eigenvalue weighted by atomic mass is 16.5. The summed E-state index contributed by atoms with van der Waals surface area (Å²) in [6, 6.07) is 31.4. The fourth-order valence-corrected chi connectivity index (χ4v) is 4.89. The zero-order chi connectivity index (χ0) is 30.4. The highest BCUT2D eigenvalue weighted by Crippen LogP contribution is 2.25. The van der Waals surface area contributed by atoms with Crippen LogP contribution >= 0.6 is 0 Å². The zero-order valence-electron chi connectivity index (χ0n) is 24.6. The minimum Gasteiger partial charge on any atom is -0.494 e. The standard InChI is InChI=1S/C36H39NO6/c1-2-42-33-20-18-30(19-21-33)29-14-12-28(13-15-29)26-43-34-8-4-3-7-31(34)22-24-37(23-6-5-9-35(38)39)25-27-10-16-32(17-11-27)36(40)41/h3-4,7-8,10-21H,2,5-6,9,22-26H2,1H3,(H,38,39)(H,40,41). The molecule has 0 aliphatic rings. The molecule has 0 spiro atoms. The van der Waals surface area contributed by atoms with Gasteiger partial charge in [-0.3, -0.25) is 9.69 Å². The van der Waals surface area contributed by atoms with E-state index in [1.807, 2.05) is 49.4 Å². The van der Waals surface area contributed by atoms with E-state index in [4.69, 9.17) is 14.6 Å². The minimum absolute atomic E-state index is 0.152. The van der Waals surface area contributed by atoms with E-state index in [1.54, 1.807) is 12.1 Å². The summed E-state index contributed by atoms with van der Waals surface area (Å²) in [7, 11) is 0. The quantitative estimate of drug-likeness (QED) is 0.126. The maximum absolute atomic E-state index is 11.2. The summed E-state index contributed by atoms with van der Waals surface area (Å²) in [5.41, 5.74) is 5.72. The Morgan fingerprint density at radius 2 is 1.37 bits per heavy atom. The molecule has 0 heterocycles. The molecule has 2 N–H and O–H groups in total. The van der Waals surface area contributed by atoms with Crippen LogP contribution in [-0.2, 0) is 24.4 Å². The molecule has 0 aromatic heterocycles. The molecule has 4 aromatic carbocycles. The first-order valence-electron chi connectivity index (χ1n) is 14.7. The van der Waals surface area contributed by atoms with Gasteiger partial charge in [0.2, 0.25) is 0 Å². The van der Waals surface area contributed by atoms with Crippen molar-refractivity contribution in [2.75, 3.05) is 19.7 Å². The average Bonchev–Trinajstić information content (AvgIpc) is 3.02.